The van der Waals surface area contributed by atoms with Gasteiger partial charge in [-0.3, -0.25) is 0 Å². The lowest BCUT2D eigenvalue weighted by molar-refractivity contribution is 0.129. The zero-order valence-corrected chi connectivity index (χ0v) is 15.6. The largest absolute Gasteiger partial charge is 0.489 e. The first-order chi connectivity index (χ1) is 12.6. The highest BCUT2D eigenvalue weighted by atomic mass is 35.5. The van der Waals surface area contributed by atoms with Crippen molar-refractivity contribution in [2.75, 3.05) is 6.61 Å². The minimum Gasteiger partial charge on any atom is -0.489 e. The minimum absolute atomic E-state index is 0.183. The molecule has 2 aromatic rings. The molecule has 1 aliphatic rings. The Labute approximate surface area is 162 Å². The number of benzene rings is 2. The summed E-state index contributed by atoms with van der Waals surface area (Å²) in [5, 5.41) is 4.28. The Morgan fingerprint density at radius 1 is 1.15 bits per heavy atom. The molecule has 0 amide bonds. The lowest BCUT2D eigenvalue weighted by atomic mass is 9.89. The van der Waals surface area contributed by atoms with Crippen molar-refractivity contribution in [1.82, 2.24) is 0 Å². The standard InChI is InChI=1S/C20H18Cl2FNO2/c21-20(22)10-11-25-19-9-3-6-16-17(19)7-2-8-18(16)24-26-13-14-4-1-5-15(23)12-14/h1,3-6,9-10,12H,2,7-8,11,13H2/b24-18+. The Balaban J connectivity index is 1.72. The van der Waals surface area contributed by atoms with E-state index in [0.717, 1.165) is 47.4 Å². The zero-order valence-electron chi connectivity index (χ0n) is 14.1. The van der Waals surface area contributed by atoms with Gasteiger partial charge in [0.1, 0.15) is 29.3 Å². The molecule has 3 nitrogen and oxygen atoms in total. The predicted molar refractivity (Wildman–Crippen MR) is 102 cm³/mol. The fourth-order valence-corrected chi connectivity index (χ4v) is 3.02. The van der Waals surface area contributed by atoms with Gasteiger partial charge in [0.2, 0.25) is 0 Å². The summed E-state index contributed by atoms with van der Waals surface area (Å²) in [5.41, 5.74) is 3.74. The molecule has 0 fully saturated rings. The molecule has 0 N–H and O–H groups in total. The van der Waals surface area contributed by atoms with Gasteiger partial charge in [0.25, 0.3) is 0 Å². The quantitative estimate of drug-likeness (QED) is 0.582. The summed E-state index contributed by atoms with van der Waals surface area (Å²) in [7, 11) is 0. The highest BCUT2D eigenvalue weighted by Crippen LogP contribution is 2.30. The van der Waals surface area contributed by atoms with E-state index in [-0.39, 0.29) is 16.9 Å². The summed E-state index contributed by atoms with van der Waals surface area (Å²) in [6.07, 6.45) is 4.30. The summed E-state index contributed by atoms with van der Waals surface area (Å²) in [4.78, 5) is 5.46. The van der Waals surface area contributed by atoms with Crippen molar-refractivity contribution in [1.29, 1.82) is 0 Å². The normalized spacial score (nSPS) is 14.7. The van der Waals surface area contributed by atoms with E-state index in [1.54, 1.807) is 18.2 Å². The molecule has 0 spiro atoms. The smallest absolute Gasteiger partial charge is 0.142 e. The predicted octanol–water partition coefficient (Wildman–Crippen LogP) is 5.78. The fourth-order valence-electron chi connectivity index (χ4n) is 2.90. The number of halogens is 3. The number of hydrogen-bond acceptors (Lipinski definition) is 3. The van der Waals surface area contributed by atoms with E-state index in [1.165, 1.54) is 12.1 Å². The van der Waals surface area contributed by atoms with Crippen LogP contribution in [-0.4, -0.2) is 12.3 Å². The first-order valence-electron chi connectivity index (χ1n) is 8.33. The second-order valence-corrected chi connectivity index (χ2v) is 6.89. The third-order valence-corrected chi connectivity index (χ3v) is 4.36. The molecule has 0 radical (unpaired) electrons. The summed E-state index contributed by atoms with van der Waals surface area (Å²) in [6, 6.07) is 12.2. The molecule has 26 heavy (non-hydrogen) atoms. The summed E-state index contributed by atoms with van der Waals surface area (Å²) in [5.74, 6) is 0.514. The molecular weight excluding hydrogens is 376 g/mol. The maximum Gasteiger partial charge on any atom is 0.142 e. The van der Waals surface area contributed by atoms with E-state index in [1.807, 2.05) is 18.2 Å². The Morgan fingerprint density at radius 2 is 2.00 bits per heavy atom. The minimum atomic E-state index is -0.283. The molecule has 0 atom stereocenters. The molecule has 2 aromatic carbocycles. The average Bonchev–Trinajstić information content (AvgIpc) is 2.62. The van der Waals surface area contributed by atoms with E-state index in [9.17, 15) is 4.39 Å². The molecule has 0 saturated heterocycles. The molecule has 0 aromatic heterocycles. The van der Waals surface area contributed by atoms with Crippen LogP contribution < -0.4 is 4.74 Å². The van der Waals surface area contributed by atoms with Gasteiger partial charge in [-0.15, -0.1) is 0 Å². The maximum atomic E-state index is 13.2. The summed E-state index contributed by atoms with van der Waals surface area (Å²) >= 11 is 11.2. The number of hydrogen-bond donors (Lipinski definition) is 0. The Kier molecular flexibility index (Phi) is 6.53. The lowest BCUT2D eigenvalue weighted by Crippen LogP contribution is -2.14. The van der Waals surface area contributed by atoms with Crippen LogP contribution in [0.5, 0.6) is 5.75 Å². The second kappa shape index (κ2) is 9.06. The third-order valence-electron chi connectivity index (χ3n) is 4.06. The molecule has 0 saturated carbocycles. The third kappa shape index (κ3) is 4.99. The van der Waals surface area contributed by atoms with Crippen molar-refractivity contribution in [3.63, 3.8) is 0 Å². The van der Waals surface area contributed by atoms with Crippen LogP contribution in [0.4, 0.5) is 4.39 Å². The second-order valence-electron chi connectivity index (χ2n) is 5.88. The van der Waals surface area contributed by atoms with Gasteiger partial charge in [0.15, 0.2) is 0 Å². The SMILES string of the molecule is Fc1cccc(CO/N=C2\CCCc3c(OCC=C(Cl)Cl)cccc32)c1. The lowest BCUT2D eigenvalue weighted by Gasteiger charge is -2.20. The molecule has 0 unspecified atom stereocenters. The topological polar surface area (TPSA) is 30.8 Å². The van der Waals surface area contributed by atoms with Crippen molar-refractivity contribution < 1.29 is 14.0 Å². The maximum absolute atomic E-state index is 13.2. The number of rotatable bonds is 6. The number of oxime groups is 1. The first kappa shape index (κ1) is 18.7. The van der Waals surface area contributed by atoms with Gasteiger partial charge in [-0.05, 0) is 49.1 Å². The molecule has 1 aliphatic carbocycles. The molecule has 0 heterocycles. The van der Waals surface area contributed by atoms with Crippen LogP contribution in [0.15, 0.2) is 58.2 Å². The van der Waals surface area contributed by atoms with Gasteiger partial charge in [0.05, 0.1) is 5.71 Å². The van der Waals surface area contributed by atoms with E-state index in [0.29, 0.717) is 6.61 Å². The van der Waals surface area contributed by atoms with Gasteiger partial charge in [-0.1, -0.05) is 52.6 Å². The molecule has 6 heteroatoms. The van der Waals surface area contributed by atoms with Gasteiger partial charge >= 0.3 is 0 Å². The van der Waals surface area contributed by atoms with Gasteiger partial charge in [0, 0.05) is 11.1 Å². The van der Waals surface area contributed by atoms with Crippen molar-refractivity contribution in [2.24, 2.45) is 5.16 Å². The number of ether oxygens (including phenoxy) is 1. The van der Waals surface area contributed by atoms with E-state index < -0.39 is 0 Å². The Morgan fingerprint density at radius 3 is 2.81 bits per heavy atom. The van der Waals surface area contributed by atoms with Crippen LogP contribution in [0.25, 0.3) is 0 Å². The van der Waals surface area contributed by atoms with Crippen molar-refractivity contribution in [2.45, 2.75) is 25.9 Å². The highest BCUT2D eigenvalue weighted by Gasteiger charge is 2.19. The summed E-state index contributed by atoms with van der Waals surface area (Å²) < 4.78 is 19.2. The molecule has 0 aliphatic heterocycles. The number of fused-ring (bicyclic) bond motifs is 1. The molecule has 136 valence electrons. The Hall–Kier alpha value is -2.04. The van der Waals surface area contributed by atoms with Gasteiger partial charge in [-0.2, -0.15) is 0 Å². The number of nitrogens with zero attached hydrogens (tertiary/aromatic N) is 1. The van der Waals surface area contributed by atoms with Crippen molar-refractivity contribution in [3.05, 3.63) is 75.5 Å². The van der Waals surface area contributed by atoms with E-state index in [4.69, 9.17) is 32.8 Å². The van der Waals surface area contributed by atoms with Crippen LogP contribution in [0.1, 0.15) is 29.5 Å². The monoisotopic (exact) mass is 393 g/mol. The highest BCUT2D eigenvalue weighted by molar-refractivity contribution is 6.55. The summed E-state index contributed by atoms with van der Waals surface area (Å²) in [6.45, 7) is 0.535. The van der Waals surface area contributed by atoms with Crippen molar-refractivity contribution >= 4 is 28.9 Å². The average molecular weight is 394 g/mol. The van der Waals surface area contributed by atoms with Gasteiger partial charge < -0.3 is 9.57 Å². The van der Waals surface area contributed by atoms with Crippen LogP contribution >= 0.6 is 23.2 Å². The van der Waals surface area contributed by atoms with Crippen LogP contribution in [0, 0.1) is 5.82 Å². The first-order valence-corrected chi connectivity index (χ1v) is 9.08. The van der Waals surface area contributed by atoms with E-state index >= 15 is 0 Å². The zero-order chi connectivity index (χ0) is 18.4. The molecule has 0 bridgehead atoms. The van der Waals surface area contributed by atoms with Crippen LogP contribution in [-0.2, 0) is 17.9 Å². The van der Waals surface area contributed by atoms with E-state index in [2.05, 4.69) is 5.16 Å². The molecular formula is C20H18Cl2FNO2. The van der Waals surface area contributed by atoms with Crippen molar-refractivity contribution in [3.8, 4) is 5.75 Å². The van der Waals surface area contributed by atoms with Crippen LogP contribution in [0.3, 0.4) is 0 Å². The fraction of sp³-hybridized carbons (Fsp3) is 0.250. The van der Waals surface area contributed by atoms with Crippen LogP contribution in [0.2, 0.25) is 0 Å². The Bertz CT molecular complexity index is 832. The van der Waals surface area contributed by atoms with Gasteiger partial charge in [-0.25, -0.2) is 4.39 Å². The molecule has 3 rings (SSSR count).